The second kappa shape index (κ2) is 5.85. The maximum Gasteiger partial charge on any atom is 0.274 e. The lowest BCUT2D eigenvalue weighted by molar-refractivity contribution is 0.0705. The summed E-state index contributed by atoms with van der Waals surface area (Å²) in [5.41, 5.74) is 4.49. The van der Waals surface area contributed by atoms with Crippen molar-refractivity contribution >= 4 is 5.91 Å². The number of rotatable bonds is 1. The predicted molar refractivity (Wildman–Crippen MR) is 72.9 cm³/mol. The molecule has 0 aromatic heterocycles. The van der Waals surface area contributed by atoms with Gasteiger partial charge in [0.1, 0.15) is 0 Å². The van der Waals surface area contributed by atoms with Crippen molar-refractivity contribution in [1.82, 2.24) is 5.48 Å². The Labute approximate surface area is 111 Å². The van der Waals surface area contributed by atoms with Gasteiger partial charge in [-0.25, -0.2) is 5.48 Å². The van der Waals surface area contributed by atoms with Gasteiger partial charge in [0.05, 0.1) is 0 Å². The summed E-state index contributed by atoms with van der Waals surface area (Å²) in [4.78, 5) is 11.5. The standard InChI is InChI=1S/C16H13NO2/c1-12-14(8-5-9-15(12)16(18)17-19)11-10-13-6-3-2-4-7-13/h2-9,19H,1H3,(H,17,18). The Morgan fingerprint density at radius 1 is 1.05 bits per heavy atom. The minimum atomic E-state index is -0.527. The fourth-order valence-corrected chi connectivity index (χ4v) is 1.74. The molecule has 0 aliphatic carbocycles. The van der Waals surface area contributed by atoms with Crippen molar-refractivity contribution in [3.05, 3.63) is 70.8 Å². The minimum absolute atomic E-state index is 0.419. The molecule has 0 saturated carbocycles. The molecular weight excluding hydrogens is 238 g/mol. The maximum atomic E-state index is 11.5. The molecule has 3 nitrogen and oxygen atoms in total. The molecule has 0 unspecified atom stereocenters. The van der Waals surface area contributed by atoms with Crippen molar-refractivity contribution < 1.29 is 10.0 Å². The Hall–Kier alpha value is -2.57. The van der Waals surface area contributed by atoms with Crippen LogP contribution in [0.1, 0.15) is 27.0 Å². The molecule has 0 spiro atoms. The molecular formula is C16H13NO2. The zero-order chi connectivity index (χ0) is 13.7. The largest absolute Gasteiger partial charge is 0.288 e. The Kier molecular flexibility index (Phi) is 3.97. The van der Waals surface area contributed by atoms with Crippen LogP contribution in [0.4, 0.5) is 0 Å². The number of hydrogen-bond donors (Lipinski definition) is 2. The number of amides is 1. The molecule has 0 aliphatic rings. The van der Waals surface area contributed by atoms with Gasteiger partial charge in [0.25, 0.3) is 5.91 Å². The lowest BCUT2D eigenvalue weighted by Crippen LogP contribution is -2.19. The van der Waals surface area contributed by atoms with Gasteiger partial charge in [-0.05, 0) is 36.8 Å². The normalized spacial score (nSPS) is 9.37. The van der Waals surface area contributed by atoms with E-state index in [-0.39, 0.29) is 0 Å². The van der Waals surface area contributed by atoms with E-state index in [0.29, 0.717) is 5.56 Å². The van der Waals surface area contributed by atoms with Crippen LogP contribution in [0.3, 0.4) is 0 Å². The predicted octanol–water partition coefficient (Wildman–Crippen LogP) is 2.51. The van der Waals surface area contributed by atoms with Crippen molar-refractivity contribution in [2.45, 2.75) is 6.92 Å². The van der Waals surface area contributed by atoms with E-state index in [0.717, 1.165) is 16.7 Å². The van der Waals surface area contributed by atoms with Crippen LogP contribution < -0.4 is 5.48 Å². The molecule has 0 atom stereocenters. The number of nitrogens with one attached hydrogen (secondary N) is 1. The molecule has 2 aromatic carbocycles. The SMILES string of the molecule is Cc1c(C#Cc2ccccc2)cccc1C(=O)NO. The quantitative estimate of drug-likeness (QED) is 0.465. The van der Waals surface area contributed by atoms with Crippen molar-refractivity contribution in [3.8, 4) is 11.8 Å². The van der Waals surface area contributed by atoms with Gasteiger partial charge < -0.3 is 0 Å². The number of benzene rings is 2. The van der Waals surface area contributed by atoms with Gasteiger partial charge in [-0.3, -0.25) is 10.0 Å². The van der Waals surface area contributed by atoms with E-state index >= 15 is 0 Å². The summed E-state index contributed by atoms with van der Waals surface area (Å²) in [7, 11) is 0. The molecule has 0 fully saturated rings. The molecule has 1 amide bonds. The molecule has 0 aliphatic heterocycles. The molecule has 2 rings (SSSR count). The van der Waals surface area contributed by atoms with E-state index in [2.05, 4.69) is 11.8 Å². The summed E-state index contributed by atoms with van der Waals surface area (Å²) in [6.45, 7) is 1.81. The smallest absolute Gasteiger partial charge is 0.274 e. The fourth-order valence-electron chi connectivity index (χ4n) is 1.74. The average Bonchev–Trinajstić information content (AvgIpc) is 2.46. The lowest BCUT2D eigenvalue weighted by atomic mass is 10.0. The van der Waals surface area contributed by atoms with E-state index in [1.54, 1.807) is 24.5 Å². The number of carbonyl (C=O) groups excluding carboxylic acids is 1. The highest BCUT2D eigenvalue weighted by atomic mass is 16.5. The van der Waals surface area contributed by atoms with E-state index in [1.165, 1.54) is 0 Å². The van der Waals surface area contributed by atoms with Gasteiger partial charge in [0.15, 0.2) is 0 Å². The zero-order valence-electron chi connectivity index (χ0n) is 10.5. The molecule has 2 N–H and O–H groups in total. The molecule has 94 valence electrons. The van der Waals surface area contributed by atoms with Gasteiger partial charge in [-0.2, -0.15) is 0 Å². The van der Waals surface area contributed by atoms with E-state index in [4.69, 9.17) is 5.21 Å². The Morgan fingerprint density at radius 3 is 2.47 bits per heavy atom. The molecule has 0 heterocycles. The molecule has 0 bridgehead atoms. The topological polar surface area (TPSA) is 49.3 Å². The number of hydrogen-bond acceptors (Lipinski definition) is 2. The minimum Gasteiger partial charge on any atom is -0.288 e. The summed E-state index contributed by atoms with van der Waals surface area (Å²) in [5.74, 6) is 5.55. The van der Waals surface area contributed by atoms with Crippen LogP contribution in [0.25, 0.3) is 0 Å². The van der Waals surface area contributed by atoms with Crippen LogP contribution in [0.2, 0.25) is 0 Å². The second-order valence-electron chi connectivity index (χ2n) is 4.04. The third kappa shape index (κ3) is 3.01. The molecule has 0 radical (unpaired) electrons. The lowest BCUT2D eigenvalue weighted by Gasteiger charge is -2.05. The molecule has 2 aromatic rings. The van der Waals surface area contributed by atoms with Crippen molar-refractivity contribution in [1.29, 1.82) is 0 Å². The van der Waals surface area contributed by atoms with Crippen molar-refractivity contribution in [3.63, 3.8) is 0 Å². The van der Waals surface area contributed by atoms with Crippen LogP contribution in [-0.4, -0.2) is 11.1 Å². The van der Waals surface area contributed by atoms with Gasteiger partial charge in [0, 0.05) is 16.7 Å². The Balaban J connectivity index is 2.37. The van der Waals surface area contributed by atoms with Crippen molar-refractivity contribution in [2.75, 3.05) is 0 Å². The van der Waals surface area contributed by atoms with E-state index in [9.17, 15) is 4.79 Å². The van der Waals surface area contributed by atoms with Gasteiger partial charge >= 0.3 is 0 Å². The highest BCUT2D eigenvalue weighted by Crippen LogP contribution is 2.13. The van der Waals surface area contributed by atoms with Crippen LogP contribution in [-0.2, 0) is 0 Å². The first kappa shape index (κ1) is 12.9. The second-order valence-corrected chi connectivity index (χ2v) is 4.04. The first-order valence-corrected chi connectivity index (χ1v) is 5.83. The first-order valence-electron chi connectivity index (χ1n) is 5.83. The van der Waals surface area contributed by atoms with Crippen molar-refractivity contribution in [2.24, 2.45) is 0 Å². The Bertz CT molecular complexity index is 651. The zero-order valence-corrected chi connectivity index (χ0v) is 10.5. The summed E-state index contributed by atoms with van der Waals surface area (Å²) >= 11 is 0. The van der Waals surface area contributed by atoms with Gasteiger partial charge in [-0.1, -0.05) is 36.1 Å². The van der Waals surface area contributed by atoms with E-state index in [1.807, 2.05) is 36.4 Å². The number of hydroxylamine groups is 1. The summed E-state index contributed by atoms with van der Waals surface area (Å²) in [6.07, 6.45) is 0. The third-order valence-electron chi connectivity index (χ3n) is 2.80. The molecule has 3 heteroatoms. The summed E-state index contributed by atoms with van der Waals surface area (Å²) < 4.78 is 0. The average molecular weight is 251 g/mol. The van der Waals surface area contributed by atoms with Gasteiger partial charge in [0.2, 0.25) is 0 Å². The van der Waals surface area contributed by atoms with Crippen LogP contribution in [0, 0.1) is 18.8 Å². The first-order chi connectivity index (χ1) is 9.22. The maximum absolute atomic E-state index is 11.5. The van der Waals surface area contributed by atoms with Crippen LogP contribution >= 0.6 is 0 Å². The van der Waals surface area contributed by atoms with Crippen LogP contribution in [0.5, 0.6) is 0 Å². The van der Waals surface area contributed by atoms with Gasteiger partial charge in [-0.15, -0.1) is 0 Å². The highest BCUT2D eigenvalue weighted by Gasteiger charge is 2.09. The monoisotopic (exact) mass is 251 g/mol. The summed E-state index contributed by atoms with van der Waals surface area (Å²) in [6, 6.07) is 14.9. The van der Waals surface area contributed by atoms with Crippen LogP contribution in [0.15, 0.2) is 48.5 Å². The van der Waals surface area contributed by atoms with E-state index < -0.39 is 5.91 Å². The molecule has 0 saturated heterocycles. The molecule has 19 heavy (non-hydrogen) atoms. The Morgan fingerprint density at radius 2 is 1.79 bits per heavy atom. The number of carbonyl (C=O) groups is 1. The third-order valence-corrected chi connectivity index (χ3v) is 2.80. The highest BCUT2D eigenvalue weighted by molar-refractivity contribution is 5.95. The fraction of sp³-hybridized carbons (Fsp3) is 0.0625. The summed E-state index contributed by atoms with van der Waals surface area (Å²) in [5, 5.41) is 8.68.